The van der Waals surface area contributed by atoms with Gasteiger partial charge in [0.15, 0.2) is 0 Å². The first kappa shape index (κ1) is 19.5. The number of likely N-dealkylation sites (tertiary alicyclic amines) is 1. The molecule has 1 unspecified atom stereocenters. The monoisotopic (exact) mass is 376 g/mol. The van der Waals surface area contributed by atoms with Crippen molar-refractivity contribution in [2.24, 2.45) is 5.92 Å². The third-order valence-electron chi connectivity index (χ3n) is 4.96. The maximum Gasteiger partial charge on any atom is 0.255 e. The van der Waals surface area contributed by atoms with Gasteiger partial charge in [-0.2, -0.15) is 0 Å². The average molecular weight is 376 g/mol. The Bertz CT molecular complexity index is 679. The molecule has 27 heavy (non-hydrogen) atoms. The van der Waals surface area contributed by atoms with Crippen molar-refractivity contribution >= 4 is 11.8 Å². The molecule has 1 atom stereocenters. The summed E-state index contributed by atoms with van der Waals surface area (Å²) in [5.74, 6) is 1.26. The molecule has 1 aromatic carbocycles. The number of piperidine rings is 1. The molecule has 7 nitrogen and oxygen atoms in total. The Labute approximate surface area is 159 Å². The Balaban J connectivity index is 1.63. The van der Waals surface area contributed by atoms with E-state index in [0.29, 0.717) is 30.2 Å². The van der Waals surface area contributed by atoms with Crippen molar-refractivity contribution in [2.75, 3.05) is 26.7 Å². The highest BCUT2D eigenvalue weighted by Crippen LogP contribution is 2.32. The fourth-order valence-electron chi connectivity index (χ4n) is 3.21. The number of carbonyl (C=O) groups is 2. The van der Waals surface area contributed by atoms with Gasteiger partial charge in [0.05, 0.1) is 18.8 Å². The minimum Gasteiger partial charge on any atom is -0.497 e. The molecule has 148 valence electrons. The van der Waals surface area contributed by atoms with Gasteiger partial charge in [-0.3, -0.25) is 9.59 Å². The second-order valence-electron chi connectivity index (χ2n) is 7.34. The number of methoxy groups -OCH3 is 1. The number of nitrogens with one attached hydrogen (secondary N) is 1. The van der Waals surface area contributed by atoms with Crippen LogP contribution in [0.4, 0.5) is 0 Å². The topological polar surface area (TPSA) is 88.1 Å². The maximum absolute atomic E-state index is 12.5. The summed E-state index contributed by atoms with van der Waals surface area (Å²) < 4.78 is 11.3. The van der Waals surface area contributed by atoms with Crippen LogP contribution < -0.4 is 14.8 Å². The summed E-state index contributed by atoms with van der Waals surface area (Å²) >= 11 is 0. The van der Waals surface area contributed by atoms with Gasteiger partial charge in [-0.05, 0) is 38.0 Å². The molecule has 2 amide bonds. The van der Waals surface area contributed by atoms with Crippen LogP contribution in [0.15, 0.2) is 18.2 Å². The molecule has 1 heterocycles. The summed E-state index contributed by atoms with van der Waals surface area (Å²) in [6, 6.07) is 5.13. The lowest BCUT2D eigenvalue weighted by molar-refractivity contribution is -0.134. The van der Waals surface area contributed by atoms with Crippen LogP contribution in [0, 0.1) is 5.92 Å². The van der Waals surface area contributed by atoms with Crippen molar-refractivity contribution in [3.63, 3.8) is 0 Å². The highest BCUT2D eigenvalue weighted by atomic mass is 16.5. The number of amides is 2. The summed E-state index contributed by atoms with van der Waals surface area (Å²) in [6.45, 7) is 3.16. The molecule has 7 heteroatoms. The number of hydrogen-bond donors (Lipinski definition) is 2. The van der Waals surface area contributed by atoms with Crippen molar-refractivity contribution < 1.29 is 24.2 Å². The molecular formula is C20H28N2O5. The number of carbonyl (C=O) groups excluding carboxylic acids is 2. The van der Waals surface area contributed by atoms with Crippen molar-refractivity contribution in [1.82, 2.24) is 10.2 Å². The fraction of sp³-hybridized carbons (Fsp3) is 0.600. The van der Waals surface area contributed by atoms with E-state index in [4.69, 9.17) is 9.47 Å². The second-order valence-corrected chi connectivity index (χ2v) is 7.34. The van der Waals surface area contributed by atoms with E-state index in [1.807, 2.05) is 4.90 Å². The van der Waals surface area contributed by atoms with Crippen molar-refractivity contribution in [3.8, 4) is 11.5 Å². The van der Waals surface area contributed by atoms with Crippen molar-refractivity contribution in [2.45, 2.75) is 44.8 Å². The Morgan fingerprint density at radius 2 is 1.96 bits per heavy atom. The van der Waals surface area contributed by atoms with Crippen LogP contribution in [0.2, 0.25) is 0 Å². The maximum atomic E-state index is 12.5. The molecule has 1 aliphatic carbocycles. The van der Waals surface area contributed by atoms with Crippen molar-refractivity contribution in [3.05, 3.63) is 23.8 Å². The average Bonchev–Trinajstić information content (AvgIpc) is 3.51. The molecular weight excluding hydrogens is 348 g/mol. The molecule has 0 spiro atoms. The minimum atomic E-state index is -0.628. The second kappa shape index (κ2) is 8.61. The third kappa shape index (κ3) is 5.13. The Kier molecular flexibility index (Phi) is 6.21. The van der Waals surface area contributed by atoms with Crippen LogP contribution in [-0.4, -0.2) is 60.8 Å². The van der Waals surface area contributed by atoms with E-state index in [9.17, 15) is 14.7 Å². The van der Waals surface area contributed by atoms with Crippen LogP contribution in [0.3, 0.4) is 0 Å². The molecule has 0 radical (unpaired) electrons. The SMILES string of the molecule is COc1ccc(OC2CCN(C(=O)C3CC3)CC2)c(C(=O)NCC(C)O)c1. The van der Waals surface area contributed by atoms with Gasteiger partial charge in [0, 0.05) is 38.4 Å². The predicted octanol–water partition coefficient (Wildman–Crippen LogP) is 1.59. The lowest BCUT2D eigenvalue weighted by Gasteiger charge is -2.32. The number of hydrogen-bond acceptors (Lipinski definition) is 5. The highest BCUT2D eigenvalue weighted by Gasteiger charge is 2.35. The van der Waals surface area contributed by atoms with Gasteiger partial charge >= 0.3 is 0 Å². The van der Waals surface area contributed by atoms with Crippen LogP contribution in [0.5, 0.6) is 11.5 Å². The summed E-state index contributed by atoms with van der Waals surface area (Å²) in [7, 11) is 1.54. The zero-order valence-electron chi connectivity index (χ0n) is 15.9. The van der Waals surface area contributed by atoms with Gasteiger partial charge in [-0.1, -0.05) is 0 Å². The molecule has 1 aromatic rings. The molecule has 2 N–H and O–H groups in total. The van der Waals surface area contributed by atoms with Gasteiger partial charge < -0.3 is 24.8 Å². The van der Waals surface area contributed by atoms with Gasteiger partial charge in [0.1, 0.15) is 17.6 Å². The van der Waals surface area contributed by atoms with E-state index >= 15 is 0 Å². The summed E-state index contributed by atoms with van der Waals surface area (Å²) in [5.41, 5.74) is 0.381. The third-order valence-corrected chi connectivity index (χ3v) is 4.96. The summed E-state index contributed by atoms with van der Waals surface area (Å²) in [5, 5.41) is 12.1. The number of aliphatic hydroxyl groups is 1. The fourth-order valence-corrected chi connectivity index (χ4v) is 3.21. The van der Waals surface area contributed by atoms with Crippen LogP contribution in [-0.2, 0) is 4.79 Å². The lowest BCUT2D eigenvalue weighted by atomic mass is 10.1. The number of aliphatic hydroxyl groups excluding tert-OH is 1. The Morgan fingerprint density at radius 1 is 1.26 bits per heavy atom. The van der Waals surface area contributed by atoms with Gasteiger partial charge in [-0.15, -0.1) is 0 Å². The predicted molar refractivity (Wildman–Crippen MR) is 100.0 cm³/mol. The van der Waals surface area contributed by atoms with E-state index in [1.54, 1.807) is 32.2 Å². The van der Waals surface area contributed by atoms with Gasteiger partial charge in [-0.25, -0.2) is 0 Å². The molecule has 1 aliphatic heterocycles. The molecule has 2 fully saturated rings. The van der Waals surface area contributed by atoms with Gasteiger partial charge in [0.25, 0.3) is 5.91 Å². The lowest BCUT2D eigenvalue weighted by Crippen LogP contribution is -2.42. The molecule has 3 rings (SSSR count). The van der Waals surface area contributed by atoms with E-state index < -0.39 is 6.10 Å². The first-order valence-corrected chi connectivity index (χ1v) is 9.57. The smallest absolute Gasteiger partial charge is 0.255 e. The number of ether oxygens (including phenoxy) is 2. The Hall–Kier alpha value is -2.28. The first-order chi connectivity index (χ1) is 13.0. The van der Waals surface area contributed by atoms with Gasteiger partial charge in [0.2, 0.25) is 5.91 Å². The highest BCUT2D eigenvalue weighted by molar-refractivity contribution is 5.97. The minimum absolute atomic E-state index is 0.0371. The molecule has 0 aromatic heterocycles. The number of rotatable bonds is 7. The van der Waals surface area contributed by atoms with Crippen LogP contribution >= 0.6 is 0 Å². The van der Waals surface area contributed by atoms with E-state index in [2.05, 4.69) is 5.32 Å². The van der Waals surface area contributed by atoms with E-state index in [-0.39, 0.29) is 30.4 Å². The normalized spacial score (nSPS) is 18.7. The standard InChI is InChI=1S/C20H28N2O5/c1-13(23)12-21-19(24)17-11-16(26-2)5-6-18(17)27-15-7-9-22(10-8-15)20(25)14-3-4-14/h5-6,11,13-15,23H,3-4,7-10,12H2,1-2H3,(H,21,24). The molecule has 2 aliphatic rings. The van der Waals surface area contributed by atoms with E-state index in [0.717, 1.165) is 25.7 Å². The van der Waals surface area contributed by atoms with Crippen molar-refractivity contribution in [1.29, 1.82) is 0 Å². The zero-order valence-corrected chi connectivity index (χ0v) is 15.9. The molecule has 1 saturated carbocycles. The van der Waals surface area contributed by atoms with E-state index in [1.165, 1.54) is 0 Å². The zero-order chi connectivity index (χ0) is 19.4. The number of benzene rings is 1. The molecule has 0 bridgehead atoms. The first-order valence-electron chi connectivity index (χ1n) is 9.57. The largest absolute Gasteiger partial charge is 0.497 e. The molecule has 1 saturated heterocycles. The summed E-state index contributed by atoms with van der Waals surface area (Å²) in [6.07, 6.45) is 2.87. The van der Waals surface area contributed by atoms with Crippen LogP contribution in [0.1, 0.15) is 43.0 Å². The number of nitrogens with zero attached hydrogens (tertiary/aromatic N) is 1. The van der Waals surface area contributed by atoms with Crippen LogP contribution in [0.25, 0.3) is 0 Å². The Morgan fingerprint density at radius 3 is 2.56 bits per heavy atom. The quantitative estimate of drug-likeness (QED) is 0.754. The summed E-state index contributed by atoms with van der Waals surface area (Å²) in [4.78, 5) is 26.6.